The molecular weight excluding hydrogens is 314 g/mol. The number of hydrogen-bond acceptors (Lipinski definition) is 5. The molecule has 0 amide bonds. The molecule has 2 aromatic rings. The fourth-order valence-electron chi connectivity index (χ4n) is 2.57. The van der Waals surface area contributed by atoms with Crippen LogP contribution in [-0.2, 0) is 11.3 Å². The molecule has 0 saturated carbocycles. The Morgan fingerprint density at radius 1 is 1.48 bits per heavy atom. The van der Waals surface area contributed by atoms with Crippen LogP contribution in [0.5, 0.6) is 5.75 Å². The molecule has 1 aliphatic heterocycles. The van der Waals surface area contributed by atoms with E-state index in [-0.39, 0.29) is 11.8 Å². The van der Waals surface area contributed by atoms with Crippen LogP contribution >= 0.6 is 11.8 Å². The molecule has 7 heteroatoms. The van der Waals surface area contributed by atoms with Gasteiger partial charge in [-0.25, -0.2) is 9.89 Å². The highest BCUT2D eigenvalue weighted by Crippen LogP contribution is 2.19. The zero-order chi connectivity index (χ0) is 16.1. The molecule has 6 nitrogen and oxygen atoms in total. The van der Waals surface area contributed by atoms with Crippen LogP contribution in [0.2, 0.25) is 0 Å². The summed E-state index contributed by atoms with van der Waals surface area (Å²) in [5.41, 5.74) is 0.940. The van der Waals surface area contributed by atoms with Crippen molar-refractivity contribution >= 4 is 11.8 Å². The SMILES string of the molecule is Cc1ccccc1OCCSc1n[nH]c(=O)n1CC1CCCO1. The molecular formula is C16H21N3O3S. The third kappa shape index (κ3) is 4.17. The van der Waals surface area contributed by atoms with Gasteiger partial charge in [-0.3, -0.25) is 4.57 Å². The van der Waals surface area contributed by atoms with Gasteiger partial charge in [-0.1, -0.05) is 30.0 Å². The molecule has 1 N–H and O–H groups in total. The maximum Gasteiger partial charge on any atom is 0.344 e. The minimum Gasteiger partial charge on any atom is -0.492 e. The molecule has 1 saturated heterocycles. The number of aromatic amines is 1. The van der Waals surface area contributed by atoms with E-state index >= 15 is 0 Å². The van der Waals surface area contributed by atoms with E-state index < -0.39 is 0 Å². The van der Waals surface area contributed by atoms with Gasteiger partial charge < -0.3 is 9.47 Å². The second-order valence-corrected chi connectivity index (χ2v) is 6.58. The Hall–Kier alpha value is -1.73. The number of aromatic nitrogens is 3. The summed E-state index contributed by atoms with van der Waals surface area (Å²) in [5, 5.41) is 7.31. The monoisotopic (exact) mass is 335 g/mol. The van der Waals surface area contributed by atoms with Crippen LogP contribution < -0.4 is 10.4 Å². The van der Waals surface area contributed by atoms with Gasteiger partial charge in [0.1, 0.15) is 5.75 Å². The first-order valence-electron chi connectivity index (χ1n) is 7.82. The van der Waals surface area contributed by atoms with Crippen molar-refractivity contribution in [2.24, 2.45) is 0 Å². The summed E-state index contributed by atoms with van der Waals surface area (Å²) in [7, 11) is 0. The third-order valence-corrected chi connectivity index (χ3v) is 4.74. The van der Waals surface area contributed by atoms with Crippen molar-refractivity contribution in [3.05, 3.63) is 40.3 Å². The maximum atomic E-state index is 11.9. The zero-order valence-electron chi connectivity index (χ0n) is 13.2. The lowest BCUT2D eigenvalue weighted by Gasteiger charge is -2.11. The molecule has 1 aromatic carbocycles. The van der Waals surface area contributed by atoms with E-state index in [2.05, 4.69) is 10.2 Å². The molecule has 0 spiro atoms. The normalized spacial score (nSPS) is 17.5. The van der Waals surface area contributed by atoms with E-state index in [1.165, 1.54) is 11.8 Å². The second-order valence-electron chi connectivity index (χ2n) is 5.52. The van der Waals surface area contributed by atoms with Gasteiger partial charge in [0.25, 0.3) is 0 Å². The summed E-state index contributed by atoms with van der Waals surface area (Å²) in [6.45, 7) is 3.94. The summed E-state index contributed by atoms with van der Waals surface area (Å²) in [6.07, 6.45) is 2.18. The van der Waals surface area contributed by atoms with Crippen molar-refractivity contribution in [3.8, 4) is 5.75 Å². The van der Waals surface area contributed by atoms with Crippen molar-refractivity contribution in [1.29, 1.82) is 0 Å². The Kier molecular flexibility index (Phi) is 5.40. The first-order chi connectivity index (χ1) is 11.2. The molecule has 1 fully saturated rings. The van der Waals surface area contributed by atoms with Gasteiger partial charge in [-0.05, 0) is 31.4 Å². The lowest BCUT2D eigenvalue weighted by molar-refractivity contribution is 0.0941. The predicted molar refractivity (Wildman–Crippen MR) is 89.2 cm³/mol. The highest BCUT2D eigenvalue weighted by atomic mass is 32.2. The van der Waals surface area contributed by atoms with E-state index in [4.69, 9.17) is 9.47 Å². The molecule has 23 heavy (non-hydrogen) atoms. The lowest BCUT2D eigenvalue weighted by atomic mass is 10.2. The van der Waals surface area contributed by atoms with Crippen LogP contribution in [0.15, 0.2) is 34.2 Å². The summed E-state index contributed by atoms with van der Waals surface area (Å²) >= 11 is 1.52. The van der Waals surface area contributed by atoms with Crippen molar-refractivity contribution in [2.75, 3.05) is 19.0 Å². The number of nitrogens with one attached hydrogen (secondary N) is 1. The molecule has 1 atom stereocenters. The number of rotatable bonds is 7. The van der Waals surface area contributed by atoms with Gasteiger partial charge in [-0.2, -0.15) is 0 Å². The number of thioether (sulfide) groups is 1. The number of benzene rings is 1. The minimum absolute atomic E-state index is 0.118. The topological polar surface area (TPSA) is 69.1 Å². The molecule has 3 rings (SSSR count). The van der Waals surface area contributed by atoms with E-state index in [1.54, 1.807) is 4.57 Å². The smallest absolute Gasteiger partial charge is 0.344 e. The number of H-pyrrole nitrogens is 1. The highest BCUT2D eigenvalue weighted by molar-refractivity contribution is 7.99. The van der Waals surface area contributed by atoms with Crippen molar-refractivity contribution in [1.82, 2.24) is 14.8 Å². The summed E-state index contributed by atoms with van der Waals surface area (Å²) in [4.78, 5) is 11.9. The van der Waals surface area contributed by atoms with Crippen molar-refractivity contribution < 1.29 is 9.47 Å². The first kappa shape index (κ1) is 16.1. The van der Waals surface area contributed by atoms with Crippen molar-refractivity contribution in [3.63, 3.8) is 0 Å². The van der Waals surface area contributed by atoms with Crippen LogP contribution in [-0.4, -0.2) is 39.8 Å². The van der Waals surface area contributed by atoms with Crippen molar-refractivity contribution in [2.45, 2.75) is 37.6 Å². The largest absolute Gasteiger partial charge is 0.492 e. The molecule has 0 bridgehead atoms. The second kappa shape index (κ2) is 7.70. The molecule has 1 unspecified atom stereocenters. The molecule has 0 aliphatic carbocycles. The van der Waals surface area contributed by atoms with E-state index in [9.17, 15) is 4.79 Å². The number of aryl methyl sites for hydroxylation is 1. The van der Waals surface area contributed by atoms with Gasteiger partial charge in [-0.15, -0.1) is 5.10 Å². The number of nitrogens with zero attached hydrogens (tertiary/aromatic N) is 2. The van der Waals surface area contributed by atoms with Crippen LogP contribution in [0.4, 0.5) is 0 Å². The molecule has 1 aromatic heterocycles. The average molecular weight is 335 g/mol. The summed E-state index contributed by atoms with van der Waals surface area (Å²) in [5.74, 6) is 1.62. The Morgan fingerprint density at radius 3 is 3.13 bits per heavy atom. The van der Waals surface area contributed by atoms with Gasteiger partial charge in [0, 0.05) is 12.4 Å². The summed E-state index contributed by atoms with van der Waals surface area (Å²) in [6, 6.07) is 7.93. The Balaban J connectivity index is 1.52. The van der Waals surface area contributed by atoms with E-state index in [0.717, 1.165) is 36.5 Å². The minimum atomic E-state index is -0.178. The molecule has 0 radical (unpaired) electrons. The maximum absolute atomic E-state index is 11.9. The molecule has 2 heterocycles. The Labute approximate surface area is 139 Å². The van der Waals surface area contributed by atoms with Crippen LogP contribution in [0.3, 0.4) is 0 Å². The fraction of sp³-hybridized carbons (Fsp3) is 0.500. The number of para-hydroxylation sites is 1. The fourth-order valence-corrected chi connectivity index (χ4v) is 3.34. The standard InChI is InChI=1S/C16H21N3O3S/c1-12-5-2-3-7-14(12)22-9-10-23-16-18-17-15(20)19(16)11-13-6-4-8-21-13/h2-3,5,7,13H,4,6,8-11H2,1H3,(H,17,20). The number of ether oxygens (including phenoxy) is 2. The van der Waals surface area contributed by atoms with Crippen LogP contribution in [0.1, 0.15) is 18.4 Å². The van der Waals surface area contributed by atoms with E-state index in [1.807, 2.05) is 31.2 Å². The van der Waals surface area contributed by atoms with Crippen LogP contribution in [0, 0.1) is 6.92 Å². The van der Waals surface area contributed by atoms with Gasteiger partial charge in [0.2, 0.25) is 0 Å². The molecule has 1 aliphatic rings. The van der Waals surface area contributed by atoms with Gasteiger partial charge in [0.15, 0.2) is 5.16 Å². The average Bonchev–Trinajstić information content (AvgIpc) is 3.18. The Bertz CT molecular complexity index is 692. The quantitative estimate of drug-likeness (QED) is 0.621. The van der Waals surface area contributed by atoms with E-state index in [0.29, 0.717) is 18.3 Å². The Morgan fingerprint density at radius 2 is 2.35 bits per heavy atom. The van der Waals surface area contributed by atoms with Gasteiger partial charge >= 0.3 is 5.69 Å². The third-order valence-electron chi connectivity index (χ3n) is 3.80. The zero-order valence-corrected chi connectivity index (χ0v) is 14.0. The van der Waals surface area contributed by atoms with Gasteiger partial charge in [0.05, 0.1) is 19.3 Å². The summed E-state index contributed by atoms with van der Waals surface area (Å²) < 4.78 is 13.0. The first-order valence-corrected chi connectivity index (χ1v) is 8.80. The highest BCUT2D eigenvalue weighted by Gasteiger charge is 2.19. The number of hydrogen-bond donors (Lipinski definition) is 1. The lowest BCUT2D eigenvalue weighted by Crippen LogP contribution is -2.25. The molecule has 124 valence electrons. The predicted octanol–water partition coefficient (Wildman–Crippen LogP) is 2.23. The van der Waals surface area contributed by atoms with Crippen LogP contribution in [0.25, 0.3) is 0 Å².